The fraction of sp³-hybridized carbons (Fsp3) is 0.438. The number of aliphatic hydroxyl groups excluding tert-OH is 1. The second-order valence-electron chi connectivity index (χ2n) is 6.31. The van der Waals surface area contributed by atoms with Crippen LogP contribution in [0, 0.1) is 5.82 Å². The van der Waals surface area contributed by atoms with E-state index < -0.39 is 6.10 Å². The summed E-state index contributed by atoms with van der Waals surface area (Å²) < 4.78 is 15.9. The maximum absolute atomic E-state index is 13.4. The van der Waals surface area contributed by atoms with Gasteiger partial charge in [0.05, 0.1) is 11.8 Å². The molecule has 1 atom stereocenters. The van der Waals surface area contributed by atoms with Crippen LogP contribution in [0.3, 0.4) is 0 Å². The number of rotatable bonds is 3. The van der Waals surface area contributed by atoms with E-state index in [9.17, 15) is 9.50 Å². The van der Waals surface area contributed by atoms with E-state index in [1.54, 1.807) is 10.7 Å². The number of nitrogens with zero attached hydrogens (tertiary/aromatic N) is 2. The van der Waals surface area contributed by atoms with Crippen molar-refractivity contribution >= 4 is 15.9 Å². The highest BCUT2D eigenvalue weighted by Gasteiger charge is 2.26. The molecule has 0 bridgehead atoms. The number of hydrogen-bond donors (Lipinski definition) is 1. The number of aliphatic hydroxyl groups is 1. The van der Waals surface area contributed by atoms with Crippen molar-refractivity contribution in [2.45, 2.75) is 38.7 Å². The van der Waals surface area contributed by atoms with E-state index in [2.05, 4.69) is 41.8 Å². The Kier molecular flexibility index (Phi) is 4.54. The Morgan fingerprint density at radius 1 is 1.38 bits per heavy atom. The zero-order valence-electron chi connectivity index (χ0n) is 12.7. The Balaban J connectivity index is 2.33. The number of aryl methyl sites for hydroxylation is 1. The molecule has 0 aliphatic heterocycles. The fourth-order valence-corrected chi connectivity index (χ4v) is 2.76. The fourth-order valence-electron chi connectivity index (χ4n) is 2.35. The smallest absolute Gasteiger partial charge is 0.123 e. The molecule has 0 saturated heterocycles. The van der Waals surface area contributed by atoms with Crippen LogP contribution in [0.25, 0.3) is 0 Å². The van der Waals surface area contributed by atoms with Gasteiger partial charge in [-0.25, -0.2) is 4.39 Å². The van der Waals surface area contributed by atoms with E-state index in [0.29, 0.717) is 6.42 Å². The lowest BCUT2D eigenvalue weighted by Gasteiger charge is -2.20. The van der Waals surface area contributed by atoms with Gasteiger partial charge in [-0.05, 0) is 23.8 Å². The van der Waals surface area contributed by atoms with E-state index in [0.717, 1.165) is 21.3 Å². The van der Waals surface area contributed by atoms with E-state index in [1.165, 1.54) is 12.1 Å². The van der Waals surface area contributed by atoms with Crippen molar-refractivity contribution in [3.05, 3.63) is 51.5 Å². The van der Waals surface area contributed by atoms with Crippen LogP contribution < -0.4 is 0 Å². The molecule has 0 aliphatic rings. The van der Waals surface area contributed by atoms with E-state index >= 15 is 0 Å². The summed E-state index contributed by atoms with van der Waals surface area (Å²) in [5, 5.41) is 15.0. The molecule has 1 N–H and O–H groups in total. The third kappa shape index (κ3) is 3.71. The molecule has 1 aromatic carbocycles. The molecule has 114 valence electrons. The molecule has 2 rings (SSSR count). The third-order valence-electron chi connectivity index (χ3n) is 3.35. The van der Waals surface area contributed by atoms with Gasteiger partial charge < -0.3 is 5.11 Å². The highest BCUT2D eigenvalue weighted by molar-refractivity contribution is 9.10. The van der Waals surface area contributed by atoms with Crippen LogP contribution in [0.5, 0.6) is 0 Å². The van der Waals surface area contributed by atoms with Crippen molar-refractivity contribution in [3.8, 4) is 0 Å². The molecular weight excluding hydrogens is 335 g/mol. The van der Waals surface area contributed by atoms with Gasteiger partial charge in [0.15, 0.2) is 0 Å². The Hall–Kier alpha value is -1.20. The molecular formula is C16H20BrFN2O. The Bertz CT molecular complexity index is 646. The zero-order valence-corrected chi connectivity index (χ0v) is 14.3. The van der Waals surface area contributed by atoms with Crippen LogP contribution >= 0.6 is 15.9 Å². The Morgan fingerprint density at radius 2 is 2.05 bits per heavy atom. The first kappa shape index (κ1) is 16.2. The number of aromatic nitrogens is 2. The summed E-state index contributed by atoms with van der Waals surface area (Å²) >= 11 is 3.40. The van der Waals surface area contributed by atoms with Gasteiger partial charge in [0.25, 0.3) is 0 Å². The van der Waals surface area contributed by atoms with Gasteiger partial charge in [0.1, 0.15) is 5.82 Å². The molecule has 0 radical (unpaired) electrons. The summed E-state index contributed by atoms with van der Waals surface area (Å²) in [7, 11) is 1.84. The molecule has 5 heteroatoms. The van der Waals surface area contributed by atoms with Crippen molar-refractivity contribution in [1.29, 1.82) is 0 Å². The number of halogens is 2. The first-order chi connectivity index (χ1) is 9.68. The van der Waals surface area contributed by atoms with Crippen LogP contribution in [0.4, 0.5) is 4.39 Å². The van der Waals surface area contributed by atoms with Crippen LogP contribution in [0.1, 0.15) is 43.7 Å². The van der Waals surface area contributed by atoms with Crippen molar-refractivity contribution in [1.82, 2.24) is 9.78 Å². The predicted octanol–water partition coefficient (Wildman–Crippen LogP) is 3.90. The average molecular weight is 355 g/mol. The first-order valence-electron chi connectivity index (χ1n) is 6.84. The monoisotopic (exact) mass is 354 g/mol. The summed E-state index contributed by atoms with van der Waals surface area (Å²) in [6.45, 7) is 6.18. The summed E-state index contributed by atoms with van der Waals surface area (Å²) in [6, 6.07) is 4.50. The van der Waals surface area contributed by atoms with Gasteiger partial charge in [-0.2, -0.15) is 5.10 Å². The van der Waals surface area contributed by atoms with Gasteiger partial charge in [-0.1, -0.05) is 36.7 Å². The lowest BCUT2D eigenvalue weighted by Crippen LogP contribution is -2.17. The predicted molar refractivity (Wildman–Crippen MR) is 84.7 cm³/mol. The molecule has 1 heterocycles. The minimum absolute atomic E-state index is 0.156. The lowest BCUT2D eigenvalue weighted by molar-refractivity contribution is 0.175. The SMILES string of the molecule is Cn1cc(C(O)Cc2cc(F)ccc2Br)c(C(C)(C)C)n1. The summed E-state index contributed by atoms with van der Waals surface area (Å²) in [5.41, 5.74) is 2.24. The van der Waals surface area contributed by atoms with Crippen LogP contribution in [-0.4, -0.2) is 14.9 Å². The normalized spacial score (nSPS) is 13.5. The number of benzene rings is 1. The molecule has 0 spiro atoms. The maximum atomic E-state index is 13.4. The standard InChI is InChI=1S/C16H20BrFN2O/c1-16(2,3)15-12(9-20(4)19-15)14(21)8-10-7-11(18)5-6-13(10)17/h5-7,9,14,21H,8H2,1-4H3. The largest absolute Gasteiger partial charge is 0.388 e. The van der Waals surface area contributed by atoms with Gasteiger partial charge in [-0.15, -0.1) is 0 Å². The second kappa shape index (κ2) is 5.89. The topological polar surface area (TPSA) is 38.0 Å². The highest BCUT2D eigenvalue weighted by Crippen LogP contribution is 2.31. The Labute approximate surface area is 132 Å². The van der Waals surface area contributed by atoms with Crippen molar-refractivity contribution in [2.75, 3.05) is 0 Å². The summed E-state index contributed by atoms with van der Waals surface area (Å²) in [4.78, 5) is 0. The minimum Gasteiger partial charge on any atom is -0.388 e. The Morgan fingerprint density at radius 3 is 2.67 bits per heavy atom. The zero-order chi connectivity index (χ0) is 15.8. The molecule has 3 nitrogen and oxygen atoms in total. The molecule has 21 heavy (non-hydrogen) atoms. The molecule has 2 aromatic rings. The molecule has 0 fully saturated rings. The quantitative estimate of drug-likeness (QED) is 0.907. The number of hydrogen-bond acceptors (Lipinski definition) is 2. The third-order valence-corrected chi connectivity index (χ3v) is 4.12. The maximum Gasteiger partial charge on any atom is 0.123 e. The van der Waals surface area contributed by atoms with E-state index in [4.69, 9.17) is 0 Å². The van der Waals surface area contributed by atoms with Crippen LogP contribution in [0.15, 0.2) is 28.9 Å². The lowest BCUT2D eigenvalue weighted by atomic mass is 9.87. The van der Waals surface area contributed by atoms with Crippen LogP contribution in [0.2, 0.25) is 0 Å². The molecule has 0 saturated carbocycles. The molecule has 1 aromatic heterocycles. The van der Waals surface area contributed by atoms with Crippen molar-refractivity contribution < 1.29 is 9.50 Å². The molecule has 1 unspecified atom stereocenters. The van der Waals surface area contributed by atoms with E-state index in [1.807, 2.05) is 13.2 Å². The molecule has 0 aliphatic carbocycles. The highest BCUT2D eigenvalue weighted by atomic mass is 79.9. The summed E-state index contributed by atoms with van der Waals surface area (Å²) in [5.74, 6) is -0.303. The van der Waals surface area contributed by atoms with Crippen molar-refractivity contribution in [2.24, 2.45) is 7.05 Å². The van der Waals surface area contributed by atoms with Gasteiger partial charge >= 0.3 is 0 Å². The van der Waals surface area contributed by atoms with Gasteiger partial charge in [0.2, 0.25) is 0 Å². The second-order valence-corrected chi connectivity index (χ2v) is 7.17. The van der Waals surface area contributed by atoms with Gasteiger partial charge in [0, 0.05) is 35.1 Å². The minimum atomic E-state index is -0.717. The van der Waals surface area contributed by atoms with Crippen LogP contribution in [-0.2, 0) is 18.9 Å². The summed E-state index contributed by atoms with van der Waals surface area (Å²) in [6.07, 6.45) is 1.46. The van der Waals surface area contributed by atoms with E-state index in [-0.39, 0.29) is 11.2 Å². The molecule has 0 amide bonds. The van der Waals surface area contributed by atoms with Crippen molar-refractivity contribution in [3.63, 3.8) is 0 Å². The average Bonchev–Trinajstić information content (AvgIpc) is 2.76. The van der Waals surface area contributed by atoms with Gasteiger partial charge in [-0.3, -0.25) is 4.68 Å². The first-order valence-corrected chi connectivity index (χ1v) is 7.64.